The zero-order valence-corrected chi connectivity index (χ0v) is 28.7. The summed E-state index contributed by atoms with van der Waals surface area (Å²) in [6.07, 6.45) is 0. The van der Waals surface area contributed by atoms with Gasteiger partial charge in [-0.3, -0.25) is 29.0 Å². The number of aliphatic carboxylic acids is 2. The number of thioether (sulfide) groups is 2. The van der Waals surface area contributed by atoms with E-state index in [1.165, 1.54) is 33.3 Å². The van der Waals surface area contributed by atoms with Crippen molar-refractivity contribution in [3.8, 4) is 0 Å². The first kappa shape index (κ1) is 37.5. The van der Waals surface area contributed by atoms with Crippen LogP contribution in [-0.4, -0.2) is 89.9 Å². The predicted molar refractivity (Wildman–Crippen MR) is 185 cm³/mol. The zero-order valence-electron chi connectivity index (χ0n) is 26.3. The summed E-state index contributed by atoms with van der Waals surface area (Å²) in [6.45, 7) is 3.38. The van der Waals surface area contributed by atoms with Gasteiger partial charge < -0.3 is 32.3 Å². The molecule has 4 aliphatic rings. The van der Waals surface area contributed by atoms with Gasteiger partial charge in [-0.15, -0.1) is 35.9 Å². The van der Waals surface area contributed by atoms with Crippen LogP contribution in [0.15, 0.2) is 83.2 Å². The van der Waals surface area contributed by atoms with Gasteiger partial charge >= 0.3 is 11.9 Å². The minimum atomic E-state index is -1.13. The topological polar surface area (TPSA) is 225 Å². The van der Waals surface area contributed by atoms with E-state index in [-0.39, 0.29) is 23.8 Å². The smallest absolute Gasteiger partial charge is 0.352 e. The van der Waals surface area contributed by atoms with Crippen molar-refractivity contribution < 1.29 is 39.0 Å². The second-order valence-corrected chi connectivity index (χ2v) is 13.6. The maximum absolute atomic E-state index is 12.3. The van der Waals surface area contributed by atoms with Gasteiger partial charge in [0, 0.05) is 11.5 Å². The molecule has 2 fully saturated rings. The van der Waals surface area contributed by atoms with Crippen molar-refractivity contribution in [2.24, 2.45) is 11.5 Å². The number of β-lactam (4-membered cyclic amide) rings is 2. The van der Waals surface area contributed by atoms with Crippen LogP contribution in [0.3, 0.4) is 0 Å². The van der Waals surface area contributed by atoms with E-state index in [0.717, 1.165) is 0 Å². The van der Waals surface area contributed by atoms with Gasteiger partial charge in [-0.2, -0.15) is 0 Å². The molecule has 8 N–H and O–H groups in total. The molecule has 2 aromatic rings. The number of nitrogens with one attached hydrogen (secondary N) is 2. The Hall–Kier alpha value is -4.35. The molecule has 0 saturated carbocycles. The molecule has 0 radical (unpaired) electrons. The van der Waals surface area contributed by atoms with E-state index in [1.807, 2.05) is 12.1 Å². The monoisotopic (exact) mass is 730 g/mol. The van der Waals surface area contributed by atoms with E-state index in [1.54, 1.807) is 62.4 Å². The highest BCUT2D eigenvalue weighted by Gasteiger charge is 2.55. The predicted octanol–water partition coefficient (Wildman–Crippen LogP) is 1.31. The lowest BCUT2D eigenvalue weighted by molar-refractivity contribution is -0.150. The Balaban J connectivity index is 0.000000216. The number of halogens is 1. The van der Waals surface area contributed by atoms with Gasteiger partial charge in [-0.05, 0) is 36.1 Å². The quantitative estimate of drug-likeness (QED) is 0.212. The number of hydrogen-bond acceptors (Lipinski definition) is 10. The first-order chi connectivity index (χ1) is 22.8. The third-order valence-corrected chi connectivity index (χ3v) is 11.0. The SMILES string of the molecule is CC1=C(C(=O)O)N2C(=O)[C@@H](NC(=O)[C@H](N)c3ccccc3)[C@H]2SC1.CC1=C(C(=O)O)N2C(=O)[C@@H](NC(=O)[C@H](N)c3ccccc3)[C@H]2SC1.Cl. The van der Waals surface area contributed by atoms with Crippen LogP contribution < -0.4 is 22.1 Å². The maximum Gasteiger partial charge on any atom is 0.352 e. The summed E-state index contributed by atoms with van der Waals surface area (Å²) < 4.78 is 0. The molecular formula is C32H35ClN6O8S2. The van der Waals surface area contributed by atoms with Crippen LogP contribution in [0.4, 0.5) is 0 Å². The van der Waals surface area contributed by atoms with Gasteiger partial charge in [0.25, 0.3) is 11.8 Å². The van der Waals surface area contributed by atoms with Crippen LogP contribution in [0, 0.1) is 0 Å². The molecule has 260 valence electrons. The number of nitrogens with two attached hydrogens (primary N) is 2. The van der Waals surface area contributed by atoms with Gasteiger partial charge in [-0.1, -0.05) is 60.7 Å². The number of benzene rings is 2. The van der Waals surface area contributed by atoms with E-state index in [0.29, 0.717) is 33.8 Å². The Morgan fingerprint density at radius 3 is 1.33 bits per heavy atom. The van der Waals surface area contributed by atoms with Gasteiger partial charge in [0.1, 0.15) is 46.3 Å². The van der Waals surface area contributed by atoms with Gasteiger partial charge in [-0.25, -0.2) is 9.59 Å². The fourth-order valence-electron chi connectivity index (χ4n) is 5.66. The summed E-state index contributed by atoms with van der Waals surface area (Å²) in [5.74, 6) is -2.99. The number of carboxylic acid groups (broad SMARTS) is 2. The lowest BCUT2D eigenvalue weighted by Crippen LogP contribution is -2.71. The molecule has 4 heterocycles. The molecule has 0 bridgehead atoms. The molecule has 0 aliphatic carbocycles. The molecule has 49 heavy (non-hydrogen) atoms. The summed E-state index contributed by atoms with van der Waals surface area (Å²) in [5, 5.41) is 23.1. The van der Waals surface area contributed by atoms with Crippen molar-refractivity contribution in [1.29, 1.82) is 0 Å². The Morgan fingerprint density at radius 1 is 0.694 bits per heavy atom. The number of rotatable bonds is 8. The van der Waals surface area contributed by atoms with E-state index >= 15 is 0 Å². The number of fused-ring (bicyclic) bond motifs is 2. The minimum absolute atomic E-state index is 0. The van der Waals surface area contributed by atoms with Crippen LogP contribution in [0.25, 0.3) is 0 Å². The van der Waals surface area contributed by atoms with Crippen LogP contribution >= 0.6 is 35.9 Å². The molecule has 0 unspecified atom stereocenters. The number of hydrogen-bond donors (Lipinski definition) is 6. The number of carboxylic acids is 2. The van der Waals surface area contributed by atoms with Crippen LogP contribution in [0.1, 0.15) is 37.1 Å². The third kappa shape index (κ3) is 7.33. The maximum atomic E-state index is 12.3. The highest BCUT2D eigenvalue weighted by atomic mass is 35.5. The summed E-state index contributed by atoms with van der Waals surface area (Å²) in [7, 11) is 0. The minimum Gasteiger partial charge on any atom is -0.477 e. The number of amides is 4. The van der Waals surface area contributed by atoms with Gasteiger partial charge in [0.2, 0.25) is 11.8 Å². The van der Waals surface area contributed by atoms with Crippen molar-refractivity contribution in [1.82, 2.24) is 20.4 Å². The van der Waals surface area contributed by atoms with E-state index in [4.69, 9.17) is 11.5 Å². The van der Waals surface area contributed by atoms with E-state index in [2.05, 4.69) is 10.6 Å². The summed E-state index contributed by atoms with van der Waals surface area (Å²) in [6, 6.07) is 14.5. The van der Waals surface area contributed by atoms with Crippen LogP contribution in [0.2, 0.25) is 0 Å². The Bertz CT molecular complexity index is 1600. The molecule has 6 rings (SSSR count). The molecular weight excluding hydrogens is 696 g/mol. The van der Waals surface area contributed by atoms with Crippen molar-refractivity contribution in [2.45, 2.75) is 48.8 Å². The molecule has 2 aromatic carbocycles. The Labute approximate surface area is 296 Å². The summed E-state index contributed by atoms with van der Waals surface area (Å²) >= 11 is 2.86. The largest absolute Gasteiger partial charge is 0.477 e. The molecule has 17 heteroatoms. The van der Waals surface area contributed by atoms with Crippen LogP contribution in [-0.2, 0) is 28.8 Å². The molecule has 4 amide bonds. The zero-order chi connectivity index (χ0) is 34.9. The molecule has 6 atom stereocenters. The fourth-order valence-corrected chi connectivity index (χ4v) is 8.25. The molecule has 0 spiro atoms. The van der Waals surface area contributed by atoms with Gasteiger partial charge in [0.15, 0.2) is 0 Å². The molecule has 2 saturated heterocycles. The van der Waals surface area contributed by atoms with Crippen molar-refractivity contribution >= 4 is 71.5 Å². The van der Waals surface area contributed by atoms with E-state index < -0.39 is 70.5 Å². The van der Waals surface area contributed by atoms with Gasteiger partial charge in [0.05, 0.1) is 0 Å². The van der Waals surface area contributed by atoms with Crippen molar-refractivity contribution in [3.63, 3.8) is 0 Å². The lowest BCUT2D eigenvalue weighted by atomic mass is 10.0. The molecule has 0 aromatic heterocycles. The second kappa shape index (κ2) is 15.5. The summed E-state index contributed by atoms with van der Waals surface area (Å²) in [4.78, 5) is 74.4. The van der Waals surface area contributed by atoms with Crippen molar-refractivity contribution in [3.05, 3.63) is 94.3 Å². The lowest BCUT2D eigenvalue weighted by Gasteiger charge is -2.49. The number of nitrogens with zero attached hydrogens (tertiary/aromatic N) is 2. The van der Waals surface area contributed by atoms with Crippen molar-refractivity contribution in [2.75, 3.05) is 11.5 Å². The highest BCUT2D eigenvalue weighted by molar-refractivity contribution is 8.00. The third-order valence-electron chi connectivity index (χ3n) is 8.20. The van der Waals surface area contributed by atoms with Crippen LogP contribution in [0.5, 0.6) is 0 Å². The normalized spacial score (nSPS) is 23.6. The fraction of sp³-hybridized carbons (Fsp3) is 0.312. The second-order valence-electron chi connectivity index (χ2n) is 11.4. The summed E-state index contributed by atoms with van der Waals surface area (Å²) in [5.41, 5.74) is 14.5. The standard InChI is InChI=1S/2C16H17N3O4S.ClH/c2*1-8-7-24-15-11(14(21)19(15)12(8)16(22)23)18-13(20)10(17)9-5-3-2-4-6-9;/h2*2-6,10-11,15H,7,17H2,1H3,(H,18,20)(H,22,23);1H/t2*10-,11-,15-;/m11./s1. The Kier molecular flexibility index (Phi) is 11.8. The molecule has 4 aliphatic heterocycles. The number of carbonyl (C=O) groups is 6. The van der Waals surface area contributed by atoms with E-state index in [9.17, 15) is 39.0 Å². The average molecular weight is 731 g/mol. The average Bonchev–Trinajstić information content (AvgIpc) is 3.09. The number of carbonyl (C=O) groups excluding carboxylic acids is 4. The first-order valence-electron chi connectivity index (χ1n) is 14.8. The highest BCUT2D eigenvalue weighted by Crippen LogP contribution is 2.41. The Morgan fingerprint density at radius 2 is 1.02 bits per heavy atom. The first-order valence-corrected chi connectivity index (χ1v) is 16.9. The molecule has 14 nitrogen and oxygen atoms in total.